The minimum atomic E-state index is -1.06. The number of likely N-dealkylation sites (N-methyl/N-ethyl adjacent to an activating group) is 1. The molecule has 1 aromatic rings. The highest BCUT2D eigenvalue weighted by Gasteiger charge is 2.32. The van der Waals surface area contributed by atoms with Crippen molar-refractivity contribution in [3.63, 3.8) is 0 Å². The minimum absolute atomic E-state index is 0.0449. The molecule has 2 amide bonds. The molecule has 7 nitrogen and oxygen atoms in total. The van der Waals surface area contributed by atoms with Crippen LogP contribution in [0.5, 0.6) is 11.5 Å². The van der Waals surface area contributed by atoms with Crippen molar-refractivity contribution in [3.05, 3.63) is 23.8 Å². The number of hydrogen-bond acceptors (Lipinski definition) is 5. The zero-order valence-corrected chi connectivity index (χ0v) is 16.1. The van der Waals surface area contributed by atoms with Crippen LogP contribution < -0.4 is 14.8 Å². The van der Waals surface area contributed by atoms with Gasteiger partial charge in [0.05, 0.1) is 19.3 Å². The number of carbonyl (C=O) groups is 2. The number of carbonyl (C=O) groups excluding carboxylic acids is 2. The molecule has 1 saturated heterocycles. The summed E-state index contributed by atoms with van der Waals surface area (Å²) in [5.74, 6) is 0.938. The van der Waals surface area contributed by atoms with Gasteiger partial charge in [-0.2, -0.15) is 0 Å². The molecule has 7 heteroatoms. The van der Waals surface area contributed by atoms with Gasteiger partial charge in [-0.25, -0.2) is 9.59 Å². The molecule has 26 heavy (non-hydrogen) atoms. The predicted octanol–water partition coefficient (Wildman–Crippen LogP) is 2.51. The Morgan fingerprint density at radius 1 is 1.38 bits per heavy atom. The van der Waals surface area contributed by atoms with Gasteiger partial charge in [0, 0.05) is 20.0 Å². The van der Waals surface area contributed by atoms with E-state index in [1.165, 1.54) is 0 Å². The van der Waals surface area contributed by atoms with E-state index in [0.717, 1.165) is 17.7 Å². The summed E-state index contributed by atoms with van der Waals surface area (Å²) in [7, 11) is 1.79. The number of aryl methyl sites for hydroxylation is 1. The van der Waals surface area contributed by atoms with Crippen molar-refractivity contribution in [1.82, 2.24) is 10.2 Å². The molecule has 1 fully saturated rings. The number of nitrogens with zero attached hydrogens (tertiary/aromatic N) is 1. The third-order valence-corrected chi connectivity index (χ3v) is 4.36. The average molecular weight is 364 g/mol. The summed E-state index contributed by atoms with van der Waals surface area (Å²) < 4.78 is 16.7. The Bertz CT molecular complexity index is 659. The SMILES string of the molecule is CCOC(=O)C(C)(C)Oc1ccc(OCC[C@H]2CNC(=O)N2C)cc1C. The molecule has 0 spiro atoms. The summed E-state index contributed by atoms with van der Waals surface area (Å²) in [5, 5.41) is 2.80. The third kappa shape index (κ3) is 4.80. The van der Waals surface area contributed by atoms with Gasteiger partial charge in [-0.1, -0.05) is 0 Å². The molecule has 0 saturated carbocycles. The Morgan fingerprint density at radius 3 is 2.69 bits per heavy atom. The van der Waals surface area contributed by atoms with Gasteiger partial charge in [0.2, 0.25) is 0 Å². The van der Waals surface area contributed by atoms with Crippen LogP contribution in [0.4, 0.5) is 4.79 Å². The molecule has 144 valence electrons. The summed E-state index contributed by atoms with van der Waals surface area (Å²) in [5.41, 5.74) is -0.190. The molecule has 1 heterocycles. The molecule has 1 aromatic carbocycles. The first kappa shape index (κ1) is 19.9. The molecule has 1 atom stereocenters. The van der Waals surface area contributed by atoms with Crippen LogP contribution >= 0.6 is 0 Å². The van der Waals surface area contributed by atoms with Crippen LogP contribution in [0, 0.1) is 6.92 Å². The van der Waals surface area contributed by atoms with Crippen molar-refractivity contribution in [3.8, 4) is 11.5 Å². The fourth-order valence-electron chi connectivity index (χ4n) is 2.69. The molecule has 0 bridgehead atoms. The van der Waals surface area contributed by atoms with Gasteiger partial charge < -0.3 is 24.4 Å². The van der Waals surface area contributed by atoms with Gasteiger partial charge in [-0.15, -0.1) is 0 Å². The molecule has 1 N–H and O–H groups in total. The van der Waals surface area contributed by atoms with Crippen LogP contribution in [0.2, 0.25) is 0 Å². The predicted molar refractivity (Wildman–Crippen MR) is 97.6 cm³/mol. The standard InChI is InChI=1S/C19H28N2O5/c1-6-24-17(22)19(3,4)26-16-8-7-15(11-13(16)2)25-10-9-14-12-20-18(23)21(14)5/h7-8,11,14H,6,9-10,12H2,1-5H3,(H,20,23)/t14-/m0/s1. The van der Waals surface area contributed by atoms with E-state index in [1.54, 1.807) is 38.8 Å². The maximum Gasteiger partial charge on any atom is 0.349 e. The van der Waals surface area contributed by atoms with Gasteiger partial charge in [0.25, 0.3) is 0 Å². The number of rotatable bonds is 8. The lowest BCUT2D eigenvalue weighted by atomic mass is 10.1. The molecule has 1 aliphatic rings. The van der Waals surface area contributed by atoms with Crippen LogP contribution in [-0.4, -0.2) is 55.3 Å². The molecule has 2 rings (SSSR count). The Morgan fingerprint density at radius 2 is 2.12 bits per heavy atom. The molecule has 0 aromatic heterocycles. The molecule has 1 aliphatic heterocycles. The first-order chi connectivity index (χ1) is 12.2. The van der Waals surface area contributed by atoms with Crippen LogP contribution in [0.1, 0.15) is 32.8 Å². The maximum absolute atomic E-state index is 12.0. The van der Waals surface area contributed by atoms with Gasteiger partial charge in [-0.05, 0) is 51.5 Å². The Kier molecular flexibility index (Phi) is 6.34. The van der Waals surface area contributed by atoms with Gasteiger partial charge in [0.15, 0.2) is 5.60 Å². The van der Waals surface area contributed by atoms with Crippen LogP contribution in [0.15, 0.2) is 18.2 Å². The van der Waals surface area contributed by atoms with Gasteiger partial charge in [0.1, 0.15) is 11.5 Å². The summed E-state index contributed by atoms with van der Waals surface area (Å²) in [6.45, 7) is 8.50. The van der Waals surface area contributed by atoms with Crippen molar-refractivity contribution in [2.45, 2.75) is 45.8 Å². The maximum atomic E-state index is 12.0. The number of nitrogens with one attached hydrogen (secondary N) is 1. The third-order valence-electron chi connectivity index (χ3n) is 4.36. The summed E-state index contributed by atoms with van der Waals surface area (Å²) in [4.78, 5) is 25.1. The van der Waals surface area contributed by atoms with E-state index >= 15 is 0 Å². The number of urea groups is 1. The lowest BCUT2D eigenvalue weighted by Gasteiger charge is -2.25. The van der Waals surface area contributed by atoms with E-state index in [9.17, 15) is 9.59 Å². The normalized spacial score (nSPS) is 17.0. The van der Waals surface area contributed by atoms with Gasteiger partial charge >= 0.3 is 12.0 Å². The average Bonchev–Trinajstić information content (AvgIpc) is 2.89. The first-order valence-corrected chi connectivity index (χ1v) is 8.85. The van der Waals surface area contributed by atoms with Crippen LogP contribution in [-0.2, 0) is 9.53 Å². The summed E-state index contributed by atoms with van der Waals surface area (Å²) >= 11 is 0. The Balaban J connectivity index is 1.90. The van der Waals surface area contributed by atoms with E-state index in [-0.39, 0.29) is 12.1 Å². The second kappa shape index (κ2) is 8.29. The second-order valence-corrected chi connectivity index (χ2v) is 6.85. The number of benzene rings is 1. The number of esters is 1. The van der Waals surface area contributed by atoms with Crippen LogP contribution in [0.25, 0.3) is 0 Å². The highest BCUT2D eigenvalue weighted by atomic mass is 16.6. The van der Waals surface area contributed by atoms with E-state index in [1.807, 2.05) is 19.1 Å². The first-order valence-electron chi connectivity index (χ1n) is 8.85. The topological polar surface area (TPSA) is 77.1 Å². The van der Waals surface area contributed by atoms with Crippen molar-refractivity contribution >= 4 is 12.0 Å². The lowest BCUT2D eigenvalue weighted by molar-refractivity contribution is -0.158. The minimum Gasteiger partial charge on any atom is -0.494 e. The zero-order valence-electron chi connectivity index (χ0n) is 16.1. The molecular weight excluding hydrogens is 336 g/mol. The van der Waals surface area contributed by atoms with Gasteiger partial charge in [-0.3, -0.25) is 0 Å². The fourth-order valence-corrected chi connectivity index (χ4v) is 2.69. The Labute approximate surface area is 154 Å². The van der Waals surface area contributed by atoms with Crippen molar-refractivity contribution in [2.24, 2.45) is 0 Å². The van der Waals surface area contributed by atoms with E-state index in [4.69, 9.17) is 14.2 Å². The molecule has 0 radical (unpaired) electrons. The fraction of sp³-hybridized carbons (Fsp3) is 0.579. The summed E-state index contributed by atoms with van der Waals surface area (Å²) in [6.07, 6.45) is 0.752. The molecule has 0 unspecified atom stereocenters. The highest BCUT2D eigenvalue weighted by Crippen LogP contribution is 2.27. The van der Waals surface area contributed by atoms with E-state index in [2.05, 4.69) is 5.32 Å². The number of hydrogen-bond donors (Lipinski definition) is 1. The lowest BCUT2D eigenvalue weighted by Crippen LogP contribution is -2.39. The van der Waals surface area contributed by atoms with Crippen molar-refractivity contribution < 1.29 is 23.8 Å². The van der Waals surface area contributed by atoms with Crippen molar-refractivity contribution in [1.29, 1.82) is 0 Å². The molecular formula is C19H28N2O5. The van der Waals surface area contributed by atoms with Crippen LogP contribution in [0.3, 0.4) is 0 Å². The quantitative estimate of drug-likeness (QED) is 0.717. The Hall–Kier alpha value is -2.44. The smallest absolute Gasteiger partial charge is 0.349 e. The van der Waals surface area contributed by atoms with E-state index < -0.39 is 11.6 Å². The van der Waals surface area contributed by atoms with E-state index in [0.29, 0.717) is 25.5 Å². The molecule has 0 aliphatic carbocycles. The largest absolute Gasteiger partial charge is 0.494 e. The number of ether oxygens (including phenoxy) is 3. The highest BCUT2D eigenvalue weighted by molar-refractivity contribution is 5.79. The zero-order chi connectivity index (χ0) is 19.3. The summed E-state index contributed by atoms with van der Waals surface area (Å²) in [6, 6.07) is 5.58. The number of amides is 2. The monoisotopic (exact) mass is 364 g/mol. The van der Waals surface area contributed by atoms with Crippen molar-refractivity contribution in [2.75, 3.05) is 26.8 Å². The second-order valence-electron chi connectivity index (χ2n) is 6.85.